The number of nitrogens with zero attached hydrogens (tertiary/aromatic N) is 3. The molecule has 1 aromatic carbocycles. The molecular weight excluding hydrogens is 365 g/mol. The maximum Gasteiger partial charge on any atom is 0.341 e. The summed E-state index contributed by atoms with van der Waals surface area (Å²) in [5.41, 5.74) is 2.56. The maximum atomic E-state index is 13.9. The summed E-state index contributed by atoms with van der Waals surface area (Å²) >= 11 is 0. The zero-order chi connectivity index (χ0) is 19.4. The minimum atomic E-state index is -0.685. The van der Waals surface area contributed by atoms with Gasteiger partial charge in [0, 0.05) is 18.1 Å². The molecule has 7 nitrogen and oxygen atoms in total. The van der Waals surface area contributed by atoms with Crippen molar-refractivity contribution < 1.29 is 23.1 Å². The van der Waals surface area contributed by atoms with Crippen LogP contribution in [0.5, 0.6) is 0 Å². The van der Waals surface area contributed by atoms with Crippen LogP contribution in [0.2, 0.25) is 0 Å². The van der Waals surface area contributed by atoms with Crippen molar-refractivity contribution >= 4 is 28.4 Å². The molecule has 8 heteroatoms. The standard InChI is InChI=1S/C20H14FN3O4/c1-27-20(26)15-7-13(21)5-12-6-14(28-18(12)15)10-23-9-11-3-2-4-24-17(11)16(8-22-24)19(23)25/h2-8H,9-10H2,1H3. The van der Waals surface area contributed by atoms with Crippen molar-refractivity contribution in [3.8, 4) is 0 Å². The highest BCUT2D eigenvalue weighted by Crippen LogP contribution is 2.29. The van der Waals surface area contributed by atoms with Crippen molar-refractivity contribution in [1.82, 2.24) is 14.5 Å². The highest BCUT2D eigenvalue weighted by Gasteiger charge is 2.28. The maximum absolute atomic E-state index is 13.9. The van der Waals surface area contributed by atoms with Crippen LogP contribution in [-0.4, -0.2) is 33.5 Å². The molecule has 1 amide bonds. The van der Waals surface area contributed by atoms with Crippen molar-refractivity contribution in [3.63, 3.8) is 0 Å². The van der Waals surface area contributed by atoms with E-state index in [0.29, 0.717) is 23.3 Å². The predicted molar refractivity (Wildman–Crippen MR) is 96.3 cm³/mol. The molecule has 0 radical (unpaired) electrons. The number of carbonyl (C=O) groups excluding carboxylic acids is 2. The van der Waals surface area contributed by atoms with E-state index in [1.54, 1.807) is 27.9 Å². The third-order valence-electron chi connectivity index (χ3n) is 4.89. The van der Waals surface area contributed by atoms with Gasteiger partial charge in [0.2, 0.25) is 0 Å². The Morgan fingerprint density at radius 2 is 2.21 bits per heavy atom. The van der Waals surface area contributed by atoms with Crippen LogP contribution in [-0.2, 0) is 17.8 Å². The smallest absolute Gasteiger partial charge is 0.341 e. The average Bonchev–Trinajstić information content (AvgIpc) is 3.29. The third-order valence-corrected chi connectivity index (χ3v) is 4.89. The van der Waals surface area contributed by atoms with Crippen LogP contribution < -0.4 is 0 Å². The van der Waals surface area contributed by atoms with Crippen molar-refractivity contribution in [2.45, 2.75) is 13.1 Å². The van der Waals surface area contributed by atoms with E-state index >= 15 is 0 Å². The first-order valence-electron chi connectivity index (χ1n) is 8.60. The van der Waals surface area contributed by atoms with Gasteiger partial charge in [0.15, 0.2) is 0 Å². The molecule has 4 heterocycles. The van der Waals surface area contributed by atoms with Gasteiger partial charge in [-0.15, -0.1) is 0 Å². The monoisotopic (exact) mass is 379 g/mol. The van der Waals surface area contributed by atoms with Crippen molar-refractivity contribution in [1.29, 1.82) is 0 Å². The lowest BCUT2D eigenvalue weighted by Gasteiger charge is -2.25. The molecule has 140 valence electrons. The lowest BCUT2D eigenvalue weighted by Crippen LogP contribution is -2.33. The van der Waals surface area contributed by atoms with Gasteiger partial charge in [-0.25, -0.2) is 13.7 Å². The first-order valence-corrected chi connectivity index (χ1v) is 8.60. The van der Waals surface area contributed by atoms with Crippen LogP contribution in [0.15, 0.2) is 47.1 Å². The minimum absolute atomic E-state index is 0.0115. The molecule has 0 unspecified atom stereocenters. The summed E-state index contributed by atoms with van der Waals surface area (Å²) in [6, 6.07) is 7.81. The Labute approximate surface area is 157 Å². The van der Waals surface area contributed by atoms with Gasteiger partial charge in [0.05, 0.1) is 30.9 Å². The van der Waals surface area contributed by atoms with Crippen LogP contribution >= 0.6 is 0 Å². The Kier molecular flexibility index (Phi) is 3.48. The van der Waals surface area contributed by atoms with Gasteiger partial charge in [-0.3, -0.25) is 4.79 Å². The zero-order valence-electron chi connectivity index (χ0n) is 14.8. The number of benzene rings is 1. The van der Waals surface area contributed by atoms with Gasteiger partial charge >= 0.3 is 5.97 Å². The summed E-state index contributed by atoms with van der Waals surface area (Å²) in [6.45, 7) is 0.582. The molecule has 5 rings (SSSR count). The fourth-order valence-corrected chi connectivity index (χ4v) is 3.67. The molecule has 0 bridgehead atoms. The molecule has 0 spiro atoms. The molecule has 0 saturated heterocycles. The van der Waals surface area contributed by atoms with E-state index in [2.05, 4.69) is 5.10 Å². The second-order valence-electron chi connectivity index (χ2n) is 6.62. The quantitative estimate of drug-likeness (QED) is 0.511. The molecule has 3 aromatic heterocycles. The van der Waals surface area contributed by atoms with E-state index in [1.807, 2.05) is 12.1 Å². The predicted octanol–water partition coefficient (Wildman–Crippen LogP) is 3.16. The molecule has 0 aliphatic carbocycles. The van der Waals surface area contributed by atoms with Crippen molar-refractivity contribution in [2.24, 2.45) is 0 Å². The number of aromatic nitrogens is 2. The number of methoxy groups -OCH3 is 1. The van der Waals surface area contributed by atoms with E-state index < -0.39 is 11.8 Å². The Balaban J connectivity index is 1.52. The summed E-state index contributed by atoms with van der Waals surface area (Å²) in [5.74, 6) is -0.961. The lowest BCUT2D eigenvalue weighted by molar-refractivity contribution is 0.0599. The number of halogens is 1. The summed E-state index contributed by atoms with van der Waals surface area (Å²) in [6.07, 6.45) is 3.35. The van der Waals surface area contributed by atoms with Crippen LogP contribution in [0.1, 0.15) is 32.0 Å². The number of pyridine rings is 1. The van der Waals surface area contributed by atoms with E-state index in [-0.39, 0.29) is 23.6 Å². The fraction of sp³-hybridized carbons (Fsp3) is 0.150. The Hall–Kier alpha value is -3.68. The summed E-state index contributed by atoms with van der Waals surface area (Å²) in [4.78, 5) is 26.4. The molecule has 4 aromatic rings. The molecular formula is C20H14FN3O4. The van der Waals surface area contributed by atoms with Crippen LogP contribution in [0, 0.1) is 5.82 Å². The Bertz CT molecular complexity index is 1270. The number of furan rings is 1. The Morgan fingerprint density at radius 3 is 3.04 bits per heavy atom. The number of hydrogen-bond donors (Lipinski definition) is 0. The number of hydrogen-bond acceptors (Lipinski definition) is 5. The Morgan fingerprint density at radius 1 is 1.36 bits per heavy atom. The van der Waals surface area contributed by atoms with Crippen molar-refractivity contribution in [2.75, 3.05) is 7.11 Å². The first-order chi connectivity index (χ1) is 13.5. The largest absolute Gasteiger partial charge is 0.465 e. The molecule has 0 N–H and O–H groups in total. The van der Waals surface area contributed by atoms with Crippen LogP contribution in [0.25, 0.3) is 16.5 Å². The van der Waals surface area contributed by atoms with Gasteiger partial charge in [0.25, 0.3) is 5.91 Å². The van der Waals surface area contributed by atoms with E-state index in [9.17, 15) is 14.0 Å². The van der Waals surface area contributed by atoms with Gasteiger partial charge in [0.1, 0.15) is 22.7 Å². The molecule has 28 heavy (non-hydrogen) atoms. The lowest BCUT2D eigenvalue weighted by atomic mass is 10.1. The number of ether oxygens (including phenoxy) is 1. The minimum Gasteiger partial charge on any atom is -0.465 e. The van der Waals surface area contributed by atoms with Gasteiger partial charge < -0.3 is 14.1 Å². The molecule has 1 aliphatic rings. The number of carbonyl (C=O) groups is 2. The molecule has 0 fully saturated rings. The van der Waals surface area contributed by atoms with Gasteiger partial charge in [-0.05, 0) is 29.8 Å². The van der Waals surface area contributed by atoms with Gasteiger partial charge in [-0.2, -0.15) is 5.10 Å². The second kappa shape index (κ2) is 5.91. The van der Waals surface area contributed by atoms with E-state index in [4.69, 9.17) is 9.15 Å². The van der Waals surface area contributed by atoms with Crippen LogP contribution in [0.3, 0.4) is 0 Å². The van der Waals surface area contributed by atoms with Gasteiger partial charge in [-0.1, -0.05) is 6.07 Å². The number of rotatable bonds is 3. The second-order valence-corrected chi connectivity index (χ2v) is 6.62. The first kappa shape index (κ1) is 16.5. The molecule has 0 saturated carbocycles. The number of amides is 1. The van der Waals surface area contributed by atoms with E-state index in [0.717, 1.165) is 17.1 Å². The SMILES string of the molecule is COC(=O)c1cc(F)cc2cc(CN3Cc4cccn5ncc(c45)C3=O)oc12. The highest BCUT2D eigenvalue weighted by molar-refractivity contribution is 6.03. The zero-order valence-corrected chi connectivity index (χ0v) is 14.8. The summed E-state index contributed by atoms with van der Waals surface area (Å²) in [7, 11) is 1.22. The van der Waals surface area contributed by atoms with Crippen LogP contribution in [0.4, 0.5) is 4.39 Å². The molecule has 0 atom stereocenters. The summed E-state index contributed by atoms with van der Waals surface area (Å²) in [5, 5.41) is 4.66. The molecule has 1 aliphatic heterocycles. The number of fused-ring (bicyclic) bond motifs is 1. The number of esters is 1. The fourth-order valence-electron chi connectivity index (χ4n) is 3.67. The third kappa shape index (κ3) is 2.38. The highest BCUT2D eigenvalue weighted by atomic mass is 19.1. The average molecular weight is 379 g/mol. The summed E-state index contributed by atoms with van der Waals surface area (Å²) < 4.78 is 26.0. The van der Waals surface area contributed by atoms with E-state index in [1.165, 1.54) is 13.2 Å². The topological polar surface area (TPSA) is 77.1 Å². The van der Waals surface area contributed by atoms with Crippen molar-refractivity contribution in [3.05, 3.63) is 71.0 Å². The normalized spacial score (nSPS) is 13.5.